The second-order valence-corrected chi connectivity index (χ2v) is 6.16. The molecule has 1 saturated heterocycles. The molecular weight excluding hydrogens is 304 g/mol. The van der Waals surface area contributed by atoms with E-state index in [0.29, 0.717) is 13.0 Å². The van der Waals surface area contributed by atoms with Crippen molar-refractivity contribution in [2.75, 3.05) is 25.2 Å². The van der Waals surface area contributed by atoms with E-state index in [2.05, 4.69) is 24.4 Å². The summed E-state index contributed by atoms with van der Waals surface area (Å²) in [5, 5.41) is 3.54. The number of nitrogens with zero attached hydrogens (tertiary/aromatic N) is 1. The molecule has 1 fully saturated rings. The molecule has 2 heterocycles. The van der Waals surface area contributed by atoms with Crippen LogP contribution < -0.4 is 10.2 Å². The van der Waals surface area contributed by atoms with E-state index in [1.165, 1.54) is 0 Å². The van der Waals surface area contributed by atoms with Gasteiger partial charge in [-0.1, -0.05) is 12.1 Å². The second kappa shape index (κ2) is 7.64. The molecule has 3 rings (SSSR count). The number of ether oxygens (including phenoxy) is 1. The summed E-state index contributed by atoms with van der Waals surface area (Å²) in [6.45, 7) is 3.45. The van der Waals surface area contributed by atoms with Crippen molar-refractivity contribution < 1.29 is 13.9 Å². The minimum absolute atomic E-state index is 0.0166. The molecule has 1 aliphatic heterocycles. The summed E-state index contributed by atoms with van der Waals surface area (Å²) in [4.78, 5) is 13.8. The first kappa shape index (κ1) is 16.7. The molecule has 5 nitrogen and oxygen atoms in total. The van der Waals surface area contributed by atoms with Gasteiger partial charge >= 0.3 is 0 Å². The summed E-state index contributed by atoms with van der Waals surface area (Å²) in [5.41, 5.74) is 2.12. The molecule has 0 unspecified atom stereocenters. The first-order valence-corrected chi connectivity index (χ1v) is 8.37. The molecule has 0 bridgehead atoms. The molecular formula is C19H24N2O3. The van der Waals surface area contributed by atoms with Crippen LogP contribution in [0.5, 0.6) is 0 Å². The first-order valence-electron chi connectivity index (χ1n) is 8.37. The second-order valence-electron chi connectivity index (χ2n) is 6.16. The van der Waals surface area contributed by atoms with Crippen molar-refractivity contribution in [3.8, 4) is 0 Å². The molecule has 1 N–H and O–H groups in total. The zero-order valence-electron chi connectivity index (χ0n) is 14.2. The molecule has 1 amide bonds. The van der Waals surface area contributed by atoms with Gasteiger partial charge in [0.25, 0.3) is 0 Å². The van der Waals surface area contributed by atoms with E-state index in [0.717, 1.165) is 30.0 Å². The molecule has 0 saturated carbocycles. The molecule has 0 radical (unpaired) electrons. The van der Waals surface area contributed by atoms with Crippen molar-refractivity contribution in [1.82, 2.24) is 5.32 Å². The molecule has 0 spiro atoms. The van der Waals surface area contributed by atoms with Crippen LogP contribution in [0.1, 0.15) is 43.2 Å². The van der Waals surface area contributed by atoms with Gasteiger partial charge < -0.3 is 14.1 Å². The maximum atomic E-state index is 12.0. The molecule has 2 atom stereocenters. The summed E-state index contributed by atoms with van der Waals surface area (Å²) in [5.74, 6) is 1.06. The standard InChI is InChI=1S/C19H24N2O3/c1-14(20-17(13-23-2)18-8-5-11-24-18)15-6-3-7-16(12-15)21-10-4-9-19(21)22/h3,5-8,11-12,14,17,20H,4,9-10,13H2,1-2H3/t14-,17-/m1/s1. The van der Waals surface area contributed by atoms with E-state index in [9.17, 15) is 4.79 Å². The topological polar surface area (TPSA) is 54.7 Å². The van der Waals surface area contributed by atoms with Gasteiger partial charge in [0.2, 0.25) is 5.91 Å². The number of hydrogen-bond acceptors (Lipinski definition) is 4. The lowest BCUT2D eigenvalue weighted by atomic mass is 10.1. The fourth-order valence-electron chi connectivity index (χ4n) is 3.15. The Hall–Kier alpha value is -2.11. The Kier molecular flexibility index (Phi) is 5.33. The van der Waals surface area contributed by atoms with Crippen LogP contribution in [0.2, 0.25) is 0 Å². The van der Waals surface area contributed by atoms with Gasteiger partial charge in [0.1, 0.15) is 5.76 Å². The van der Waals surface area contributed by atoms with Crippen LogP contribution in [-0.4, -0.2) is 26.2 Å². The fourth-order valence-corrected chi connectivity index (χ4v) is 3.15. The highest BCUT2D eigenvalue weighted by atomic mass is 16.5. The van der Waals surface area contributed by atoms with E-state index < -0.39 is 0 Å². The zero-order valence-corrected chi connectivity index (χ0v) is 14.2. The van der Waals surface area contributed by atoms with Gasteiger partial charge in [0, 0.05) is 31.8 Å². The van der Waals surface area contributed by atoms with E-state index in [1.807, 2.05) is 29.2 Å². The third-order valence-corrected chi connectivity index (χ3v) is 4.43. The van der Waals surface area contributed by atoms with Crippen LogP contribution in [0.15, 0.2) is 47.1 Å². The summed E-state index contributed by atoms with van der Waals surface area (Å²) in [6.07, 6.45) is 3.25. The van der Waals surface area contributed by atoms with Crippen molar-refractivity contribution in [3.05, 3.63) is 54.0 Å². The molecule has 1 aromatic heterocycles. The van der Waals surface area contributed by atoms with Gasteiger partial charge in [-0.05, 0) is 43.2 Å². The van der Waals surface area contributed by atoms with Crippen LogP contribution >= 0.6 is 0 Å². The maximum Gasteiger partial charge on any atom is 0.227 e. The van der Waals surface area contributed by atoms with Gasteiger partial charge in [0.05, 0.1) is 18.9 Å². The number of benzene rings is 1. The Morgan fingerprint density at radius 3 is 2.88 bits per heavy atom. The maximum absolute atomic E-state index is 12.0. The highest BCUT2D eigenvalue weighted by molar-refractivity contribution is 5.95. The number of nitrogens with one attached hydrogen (secondary N) is 1. The van der Waals surface area contributed by atoms with Crippen molar-refractivity contribution in [2.24, 2.45) is 0 Å². The predicted octanol–water partition coefficient (Wildman–Crippen LogP) is 3.44. The van der Waals surface area contributed by atoms with E-state index in [-0.39, 0.29) is 18.0 Å². The van der Waals surface area contributed by atoms with E-state index in [4.69, 9.17) is 9.15 Å². The number of methoxy groups -OCH3 is 1. The summed E-state index contributed by atoms with van der Waals surface area (Å²) in [7, 11) is 1.68. The smallest absolute Gasteiger partial charge is 0.227 e. The van der Waals surface area contributed by atoms with Crippen molar-refractivity contribution >= 4 is 11.6 Å². The molecule has 5 heteroatoms. The predicted molar refractivity (Wildman–Crippen MR) is 92.9 cm³/mol. The quantitative estimate of drug-likeness (QED) is 0.846. The van der Waals surface area contributed by atoms with Crippen LogP contribution in [0.4, 0.5) is 5.69 Å². The lowest BCUT2D eigenvalue weighted by molar-refractivity contribution is -0.117. The monoisotopic (exact) mass is 328 g/mol. The van der Waals surface area contributed by atoms with Crippen LogP contribution in [0, 0.1) is 0 Å². The minimum Gasteiger partial charge on any atom is -0.468 e. The number of hydrogen-bond donors (Lipinski definition) is 1. The Morgan fingerprint density at radius 1 is 1.33 bits per heavy atom. The van der Waals surface area contributed by atoms with Crippen LogP contribution in [0.3, 0.4) is 0 Å². The third kappa shape index (κ3) is 3.68. The van der Waals surface area contributed by atoms with Gasteiger partial charge in [0.15, 0.2) is 0 Å². The van der Waals surface area contributed by atoms with Gasteiger partial charge in [-0.25, -0.2) is 0 Å². The summed E-state index contributed by atoms with van der Waals surface area (Å²) >= 11 is 0. The molecule has 1 aromatic carbocycles. The number of rotatable bonds is 7. The Balaban J connectivity index is 1.74. The number of furan rings is 1. The Morgan fingerprint density at radius 2 is 2.21 bits per heavy atom. The fraction of sp³-hybridized carbons (Fsp3) is 0.421. The minimum atomic E-state index is -0.0166. The van der Waals surface area contributed by atoms with Gasteiger partial charge in [-0.2, -0.15) is 0 Å². The van der Waals surface area contributed by atoms with Gasteiger partial charge in [-0.3, -0.25) is 10.1 Å². The number of anilines is 1. The highest BCUT2D eigenvalue weighted by Gasteiger charge is 2.23. The lowest BCUT2D eigenvalue weighted by Gasteiger charge is -2.23. The van der Waals surface area contributed by atoms with E-state index >= 15 is 0 Å². The number of carbonyl (C=O) groups is 1. The van der Waals surface area contributed by atoms with Crippen LogP contribution in [0.25, 0.3) is 0 Å². The van der Waals surface area contributed by atoms with Crippen molar-refractivity contribution in [1.29, 1.82) is 0 Å². The SMILES string of the molecule is COC[C@@H](N[C@H](C)c1cccc(N2CCCC2=O)c1)c1ccco1. The average Bonchev–Trinajstić information content (AvgIpc) is 3.26. The molecule has 1 aliphatic rings. The first-order chi connectivity index (χ1) is 11.7. The third-order valence-electron chi connectivity index (χ3n) is 4.43. The largest absolute Gasteiger partial charge is 0.468 e. The summed E-state index contributed by atoms with van der Waals surface area (Å²) in [6, 6.07) is 12.1. The van der Waals surface area contributed by atoms with Crippen molar-refractivity contribution in [2.45, 2.75) is 31.8 Å². The number of amides is 1. The normalized spacial score (nSPS) is 17.2. The number of carbonyl (C=O) groups excluding carboxylic acids is 1. The summed E-state index contributed by atoms with van der Waals surface area (Å²) < 4.78 is 10.8. The van der Waals surface area contributed by atoms with E-state index in [1.54, 1.807) is 13.4 Å². The molecule has 2 aromatic rings. The molecule has 128 valence electrons. The molecule has 0 aliphatic carbocycles. The Labute approximate surface area is 142 Å². The van der Waals surface area contributed by atoms with Crippen LogP contribution in [-0.2, 0) is 9.53 Å². The zero-order chi connectivity index (χ0) is 16.9. The highest BCUT2D eigenvalue weighted by Crippen LogP contribution is 2.26. The average molecular weight is 328 g/mol. The van der Waals surface area contributed by atoms with Gasteiger partial charge in [-0.15, -0.1) is 0 Å². The van der Waals surface area contributed by atoms with Crippen molar-refractivity contribution in [3.63, 3.8) is 0 Å². The molecule has 24 heavy (non-hydrogen) atoms. The lowest BCUT2D eigenvalue weighted by Crippen LogP contribution is -2.28. The Bertz CT molecular complexity index is 669.